The third-order valence-electron chi connectivity index (χ3n) is 5.41. The molecule has 0 spiro atoms. The Balaban J connectivity index is 1.41. The molecule has 7 heteroatoms. The summed E-state index contributed by atoms with van der Waals surface area (Å²) >= 11 is 0. The van der Waals surface area contributed by atoms with Crippen molar-refractivity contribution in [1.82, 2.24) is 9.97 Å². The summed E-state index contributed by atoms with van der Waals surface area (Å²) in [6.45, 7) is 1.99. The van der Waals surface area contributed by atoms with Crippen LogP contribution in [0.4, 0.5) is 5.95 Å². The Labute approximate surface area is 171 Å². The van der Waals surface area contributed by atoms with Crippen LogP contribution in [0.5, 0.6) is 0 Å². The number of benzene rings is 2. The number of anilines is 1. The summed E-state index contributed by atoms with van der Waals surface area (Å²) in [5, 5.41) is 2.41. The van der Waals surface area contributed by atoms with Crippen molar-refractivity contribution in [2.75, 3.05) is 30.9 Å². The Hall–Kier alpha value is -2.51. The van der Waals surface area contributed by atoms with Gasteiger partial charge in [0.05, 0.1) is 18.6 Å². The molecule has 0 unspecified atom stereocenters. The van der Waals surface area contributed by atoms with Gasteiger partial charge in [-0.3, -0.25) is 4.18 Å². The molecule has 0 atom stereocenters. The summed E-state index contributed by atoms with van der Waals surface area (Å²) < 4.78 is 27.0. The fraction of sp³-hybridized carbons (Fsp3) is 0.364. The van der Waals surface area contributed by atoms with Crippen LogP contribution in [0.2, 0.25) is 0 Å². The molecule has 1 aliphatic heterocycles. The van der Waals surface area contributed by atoms with Gasteiger partial charge >= 0.3 is 0 Å². The van der Waals surface area contributed by atoms with E-state index in [1.54, 1.807) is 0 Å². The van der Waals surface area contributed by atoms with Crippen molar-refractivity contribution in [2.24, 2.45) is 5.92 Å². The van der Waals surface area contributed by atoms with Crippen LogP contribution in [-0.4, -0.2) is 44.3 Å². The monoisotopic (exact) mass is 411 g/mol. The van der Waals surface area contributed by atoms with Crippen LogP contribution in [0.3, 0.4) is 0 Å². The molecule has 1 aromatic heterocycles. The molecular weight excluding hydrogens is 386 g/mol. The highest BCUT2D eigenvalue weighted by Crippen LogP contribution is 2.26. The maximum Gasteiger partial charge on any atom is 0.264 e. The van der Waals surface area contributed by atoms with Gasteiger partial charge in [0, 0.05) is 24.8 Å². The molecule has 4 rings (SSSR count). The van der Waals surface area contributed by atoms with Crippen LogP contribution in [0.1, 0.15) is 19.3 Å². The van der Waals surface area contributed by atoms with Crippen molar-refractivity contribution in [3.05, 3.63) is 54.7 Å². The zero-order valence-electron chi connectivity index (χ0n) is 16.5. The van der Waals surface area contributed by atoms with E-state index < -0.39 is 10.1 Å². The predicted octanol–water partition coefficient (Wildman–Crippen LogP) is 3.88. The zero-order valence-corrected chi connectivity index (χ0v) is 17.3. The summed E-state index contributed by atoms with van der Waals surface area (Å²) in [6.07, 6.45) is 5.64. The molecule has 2 aromatic carbocycles. The molecular formula is C22H25N3O3S. The van der Waals surface area contributed by atoms with E-state index in [1.807, 2.05) is 24.4 Å². The molecule has 1 aliphatic rings. The standard InChI is InChI=1S/C22H25N3O3S/c1-29(26,27)28-15-11-17-9-13-25(14-10-17)22-23-12-8-21(24-22)20-7-6-18-4-2-3-5-19(18)16-20/h2-8,12,16-17H,9-11,13-15H2,1H3. The quantitative estimate of drug-likeness (QED) is 0.573. The third-order valence-corrected chi connectivity index (χ3v) is 6.00. The first-order valence-corrected chi connectivity index (χ1v) is 11.7. The highest BCUT2D eigenvalue weighted by molar-refractivity contribution is 7.85. The Kier molecular flexibility index (Phi) is 5.78. The van der Waals surface area contributed by atoms with Gasteiger partial charge in [-0.1, -0.05) is 36.4 Å². The highest BCUT2D eigenvalue weighted by atomic mass is 32.2. The second kappa shape index (κ2) is 8.47. The molecule has 0 radical (unpaired) electrons. The summed E-state index contributed by atoms with van der Waals surface area (Å²) in [5.74, 6) is 1.22. The largest absolute Gasteiger partial charge is 0.341 e. The summed E-state index contributed by atoms with van der Waals surface area (Å²) in [6, 6.07) is 16.6. The Bertz CT molecular complexity index is 1090. The number of hydrogen-bond donors (Lipinski definition) is 0. The normalized spacial score (nSPS) is 15.7. The van der Waals surface area contributed by atoms with Gasteiger partial charge in [0.2, 0.25) is 5.95 Å². The van der Waals surface area contributed by atoms with Crippen molar-refractivity contribution < 1.29 is 12.6 Å². The molecule has 0 N–H and O–H groups in total. The molecule has 0 amide bonds. The second-order valence-electron chi connectivity index (χ2n) is 7.55. The zero-order chi connectivity index (χ0) is 20.3. The van der Waals surface area contributed by atoms with E-state index in [-0.39, 0.29) is 6.61 Å². The third kappa shape index (κ3) is 5.10. The van der Waals surface area contributed by atoms with E-state index >= 15 is 0 Å². The van der Waals surface area contributed by atoms with Crippen LogP contribution in [0.25, 0.3) is 22.0 Å². The lowest BCUT2D eigenvalue weighted by atomic mass is 9.94. The number of nitrogens with zero attached hydrogens (tertiary/aromatic N) is 3. The lowest BCUT2D eigenvalue weighted by Crippen LogP contribution is -2.35. The van der Waals surface area contributed by atoms with Gasteiger partial charge < -0.3 is 4.90 Å². The number of fused-ring (bicyclic) bond motifs is 1. The lowest BCUT2D eigenvalue weighted by molar-refractivity contribution is 0.264. The fourth-order valence-corrected chi connectivity index (χ4v) is 4.20. The minimum atomic E-state index is -3.35. The van der Waals surface area contributed by atoms with Gasteiger partial charge in [0.1, 0.15) is 0 Å². The lowest BCUT2D eigenvalue weighted by Gasteiger charge is -2.32. The second-order valence-corrected chi connectivity index (χ2v) is 9.19. The maximum atomic E-state index is 11.1. The van der Waals surface area contributed by atoms with Gasteiger partial charge in [-0.25, -0.2) is 9.97 Å². The smallest absolute Gasteiger partial charge is 0.264 e. The molecule has 2 heterocycles. The van der Waals surface area contributed by atoms with Crippen LogP contribution < -0.4 is 4.90 Å². The average molecular weight is 412 g/mol. The van der Waals surface area contributed by atoms with Crippen molar-refractivity contribution in [3.8, 4) is 11.3 Å². The van der Waals surface area contributed by atoms with Crippen LogP contribution >= 0.6 is 0 Å². The van der Waals surface area contributed by atoms with Crippen LogP contribution in [0.15, 0.2) is 54.7 Å². The number of piperidine rings is 1. The fourth-order valence-electron chi connectivity index (χ4n) is 3.80. The summed E-state index contributed by atoms with van der Waals surface area (Å²) in [4.78, 5) is 11.5. The van der Waals surface area contributed by atoms with E-state index in [1.165, 1.54) is 10.8 Å². The van der Waals surface area contributed by atoms with E-state index in [4.69, 9.17) is 9.17 Å². The van der Waals surface area contributed by atoms with Crippen molar-refractivity contribution >= 4 is 26.8 Å². The molecule has 0 aliphatic carbocycles. The van der Waals surface area contributed by atoms with Crippen LogP contribution in [0, 0.1) is 5.92 Å². The van der Waals surface area contributed by atoms with Gasteiger partial charge in [-0.15, -0.1) is 0 Å². The van der Waals surface area contributed by atoms with Crippen molar-refractivity contribution in [1.29, 1.82) is 0 Å². The molecule has 0 bridgehead atoms. The maximum absolute atomic E-state index is 11.1. The molecule has 152 valence electrons. The van der Waals surface area contributed by atoms with Gasteiger partial charge in [0.25, 0.3) is 10.1 Å². The molecule has 1 saturated heterocycles. The SMILES string of the molecule is CS(=O)(=O)OCCC1CCN(c2nccc(-c3ccc4ccccc4c3)n2)CC1. The minimum absolute atomic E-state index is 0.261. The topological polar surface area (TPSA) is 72.4 Å². The molecule has 29 heavy (non-hydrogen) atoms. The van der Waals surface area contributed by atoms with E-state index in [2.05, 4.69) is 40.2 Å². The Morgan fingerprint density at radius 3 is 2.59 bits per heavy atom. The van der Waals surface area contributed by atoms with Crippen molar-refractivity contribution in [2.45, 2.75) is 19.3 Å². The highest BCUT2D eigenvalue weighted by Gasteiger charge is 2.21. The summed E-state index contributed by atoms with van der Waals surface area (Å²) in [7, 11) is -3.35. The van der Waals surface area contributed by atoms with Gasteiger partial charge in [-0.2, -0.15) is 8.42 Å². The predicted molar refractivity (Wildman–Crippen MR) is 115 cm³/mol. The molecule has 0 saturated carbocycles. The van der Waals surface area contributed by atoms with E-state index in [9.17, 15) is 8.42 Å². The van der Waals surface area contributed by atoms with Gasteiger partial charge in [-0.05, 0) is 48.1 Å². The van der Waals surface area contributed by atoms with Gasteiger partial charge in [0.15, 0.2) is 0 Å². The number of hydrogen-bond acceptors (Lipinski definition) is 6. The first kappa shape index (κ1) is 19.8. The van der Waals surface area contributed by atoms with Crippen LogP contribution in [-0.2, 0) is 14.3 Å². The summed E-state index contributed by atoms with van der Waals surface area (Å²) in [5.41, 5.74) is 2.00. The first-order valence-electron chi connectivity index (χ1n) is 9.89. The average Bonchev–Trinajstić information content (AvgIpc) is 2.73. The molecule has 1 fully saturated rings. The molecule has 3 aromatic rings. The molecule has 6 nitrogen and oxygen atoms in total. The first-order chi connectivity index (χ1) is 14.0. The minimum Gasteiger partial charge on any atom is -0.341 e. The number of rotatable bonds is 6. The Morgan fingerprint density at radius 1 is 1.07 bits per heavy atom. The van der Waals surface area contributed by atoms with E-state index in [0.29, 0.717) is 5.92 Å². The van der Waals surface area contributed by atoms with E-state index in [0.717, 1.165) is 55.8 Å². The van der Waals surface area contributed by atoms with Crippen molar-refractivity contribution in [3.63, 3.8) is 0 Å². The number of aromatic nitrogens is 2. The Morgan fingerprint density at radius 2 is 1.83 bits per heavy atom.